The fourth-order valence-corrected chi connectivity index (χ4v) is 2.56. The Morgan fingerprint density at radius 1 is 1.40 bits per heavy atom. The van der Waals surface area contributed by atoms with Crippen LogP contribution in [0.4, 0.5) is 0 Å². The Labute approximate surface area is 120 Å². The largest absolute Gasteiger partial charge is 0.384 e. The zero-order valence-electron chi connectivity index (χ0n) is 11.9. The summed E-state index contributed by atoms with van der Waals surface area (Å²) in [5, 5.41) is 8.65. The van der Waals surface area contributed by atoms with Crippen molar-refractivity contribution in [1.82, 2.24) is 9.03 Å². The highest BCUT2D eigenvalue weighted by molar-refractivity contribution is 7.87. The van der Waals surface area contributed by atoms with Crippen LogP contribution in [0.25, 0.3) is 0 Å². The van der Waals surface area contributed by atoms with Gasteiger partial charge in [0.05, 0.1) is 0 Å². The van der Waals surface area contributed by atoms with E-state index in [1.165, 1.54) is 11.4 Å². The van der Waals surface area contributed by atoms with Crippen molar-refractivity contribution in [1.29, 1.82) is 0 Å². The Hall–Kier alpha value is -1.39. The maximum atomic E-state index is 12.0. The quantitative estimate of drug-likeness (QED) is 0.786. The maximum Gasteiger partial charge on any atom is 0.279 e. The Kier molecular flexibility index (Phi) is 6.17. The van der Waals surface area contributed by atoms with Gasteiger partial charge in [0.1, 0.15) is 6.61 Å². The molecular formula is C14H20N2O3S. The summed E-state index contributed by atoms with van der Waals surface area (Å²) in [7, 11) is -1.94. The van der Waals surface area contributed by atoms with E-state index in [4.69, 9.17) is 5.11 Å². The van der Waals surface area contributed by atoms with E-state index in [1.54, 1.807) is 18.2 Å². The maximum absolute atomic E-state index is 12.0. The lowest BCUT2D eigenvalue weighted by molar-refractivity contribution is 0.350. The lowest BCUT2D eigenvalue weighted by Crippen LogP contribution is -2.41. The molecule has 1 rings (SSSR count). The fourth-order valence-electron chi connectivity index (χ4n) is 1.45. The standard InChI is InChI=1S/C14H20N2O3S/c1-12(2)16(3)20(18,19)15-11-14-7-4-6-13(10-14)8-5-9-17/h4,6-7,10,12,15,17H,9,11H2,1-3H3. The highest BCUT2D eigenvalue weighted by atomic mass is 32.2. The van der Waals surface area contributed by atoms with E-state index in [-0.39, 0.29) is 19.2 Å². The molecule has 0 spiro atoms. The van der Waals surface area contributed by atoms with Crippen LogP contribution in [0.2, 0.25) is 0 Å². The van der Waals surface area contributed by atoms with Gasteiger partial charge in [-0.3, -0.25) is 0 Å². The fraction of sp³-hybridized carbons (Fsp3) is 0.429. The lowest BCUT2D eigenvalue weighted by atomic mass is 10.1. The predicted molar refractivity (Wildman–Crippen MR) is 79.1 cm³/mol. The molecule has 6 heteroatoms. The molecule has 1 aromatic rings. The first-order chi connectivity index (χ1) is 9.36. The third-order valence-corrected chi connectivity index (χ3v) is 4.49. The van der Waals surface area contributed by atoms with Crippen LogP contribution in [-0.4, -0.2) is 37.5 Å². The average molecular weight is 296 g/mol. The molecule has 110 valence electrons. The first-order valence-electron chi connectivity index (χ1n) is 6.28. The van der Waals surface area contributed by atoms with Crippen molar-refractivity contribution in [2.45, 2.75) is 26.4 Å². The molecule has 0 atom stereocenters. The molecule has 1 aromatic carbocycles. The third-order valence-electron chi connectivity index (χ3n) is 2.80. The molecule has 0 fully saturated rings. The molecule has 0 aliphatic rings. The Morgan fingerprint density at radius 2 is 2.10 bits per heavy atom. The number of aliphatic hydroxyl groups is 1. The molecule has 0 amide bonds. The van der Waals surface area contributed by atoms with Crippen LogP contribution in [0.1, 0.15) is 25.0 Å². The second kappa shape index (κ2) is 7.41. The summed E-state index contributed by atoms with van der Waals surface area (Å²) in [5.74, 6) is 5.34. The summed E-state index contributed by atoms with van der Waals surface area (Å²) in [6.45, 7) is 3.62. The van der Waals surface area contributed by atoms with Crippen molar-refractivity contribution < 1.29 is 13.5 Å². The minimum Gasteiger partial charge on any atom is -0.384 e. The molecule has 0 heterocycles. The molecule has 0 radical (unpaired) electrons. The summed E-state index contributed by atoms with van der Waals surface area (Å²) in [4.78, 5) is 0. The van der Waals surface area contributed by atoms with Crippen molar-refractivity contribution in [2.75, 3.05) is 13.7 Å². The Balaban J connectivity index is 2.75. The normalized spacial score (nSPS) is 11.5. The number of rotatable bonds is 5. The van der Waals surface area contributed by atoms with E-state index in [0.717, 1.165) is 11.1 Å². The zero-order valence-corrected chi connectivity index (χ0v) is 12.7. The van der Waals surface area contributed by atoms with E-state index in [9.17, 15) is 8.42 Å². The van der Waals surface area contributed by atoms with Gasteiger partial charge in [-0.1, -0.05) is 24.0 Å². The van der Waals surface area contributed by atoms with Crippen molar-refractivity contribution in [3.05, 3.63) is 35.4 Å². The zero-order chi connectivity index (χ0) is 15.2. The van der Waals surface area contributed by atoms with Crippen LogP contribution >= 0.6 is 0 Å². The van der Waals surface area contributed by atoms with Crippen LogP contribution in [0.5, 0.6) is 0 Å². The highest BCUT2D eigenvalue weighted by Gasteiger charge is 2.19. The third kappa shape index (κ3) is 4.94. The van der Waals surface area contributed by atoms with Gasteiger partial charge in [-0.15, -0.1) is 0 Å². The number of nitrogens with one attached hydrogen (secondary N) is 1. The van der Waals surface area contributed by atoms with Gasteiger partial charge in [0.2, 0.25) is 0 Å². The van der Waals surface area contributed by atoms with Crippen LogP contribution in [0.3, 0.4) is 0 Å². The molecule has 0 unspecified atom stereocenters. The van der Waals surface area contributed by atoms with E-state index in [0.29, 0.717) is 0 Å². The van der Waals surface area contributed by atoms with E-state index in [1.807, 2.05) is 19.9 Å². The van der Waals surface area contributed by atoms with E-state index < -0.39 is 10.2 Å². The van der Waals surface area contributed by atoms with Gasteiger partial charge < -0.3 is 5.11 Å². The second-order valence-electron chi connectivity index (χ2n) is 4.60. The molecule has 0 saturated carbocycles. The van der Waals surface area contributed by atoms with Gasteiger partial charge in [-0.05, 0) is 31.5 Å². The Bertz CT molecular complexity index is 600. The smallest absolute Gasteiger partial charge is 0.279 e. The first kappa shape index (κ1) is 16.7. The topological polar surface area (TPSA) is 69.6 Å². The van der Waals surface area contributed by atoms with Gasteiger partial charge in [0.15, 0.2) is 0 Å². The lowest BCUT2D eigenvalue weighted by Gasteiger charge is -2.21. The van der Waals surface area contributed by atoms with Crippen molar-refractivity contribution in [3.8, 4) is 11.8 Å². The van der Waals surface area contributed by atoms with Gasteiger partial charge >= 0.3 is 0 Å². The van der Waals surface area contributed by atoms with Crippen molar-refractivity contribution >= 4 is 10.2 Å². The van der Waals surface area contributed by atoms with Crippen molar-refractivity contribution in [2.24, 2.45) is 0 Å². The molecule has 0 aliphatic carbocycles. The van der Waals surface area contributed by atoms with Crippen LogP contribution < -0.4 is 4.72 Å². The molecule has 0 aliphatic heterocycles. The second-order valence-corrected chi connectivity index (χ2v) is 6.41. The number of hydrogen-bond donors (Lipinski definition) is 2. The minimum absolute atomic E-state index is 0.103. The van der Waals surface area contributed by atoms with Crippen LogP contribution in [-0.2, 0) is 16.8 Å². The molecule has 0 bridgehead atoms. The van der Waals surface area contributed by atoms with Crippen LogP contribution in [0.15, 0.2) is 24.3 Å². The molecule has 0 aromatic heterocycles. The molecule has 5 nitrogen and oxygen atoms in total. The highest BCUT2D eigenvalue weighted by Crippen LogP contribution is 2.06. The number of benzene rings is 1. The SMILES string of the molecule is CC(C)N(C)S(=O)(=O)NCc1cccc(C#CCO)c1. The van der Waals surface area contributed by atoms with E-state index >= 15 is 0 Å². The summed E-state index contributed by atoms with van der Waals surface area (Å²) in [6, 6.07) is 7.12. The van der Waals surface area contributed by atoms with Gasteiger partial charge in [-0.2, -0.15) is 17.4 Å². The van der Waals surface area contributed by atoms with E-state index in [2.05, 4.69) is 16.6 Å². The van der Waals surface area contributed by atoms with Gasteiger partial charge in [0.25, 0.3) is 10.2 Å². The minimum atomic E-state index is -3.48. The number of hydrogen-bond acceptors (Lipinski definition) is 3. The average Bonchev–Trinajstić information content (AvgIpc) is 2.42. The molecule has 0 saturated heterocycles. The summed E-state index contributed by atoms with van der Waals surface area (Å²) >= 11 is 0. The number of nitrogens with zero attached hydrogens (tertiary/aromatic N) is 1. The summed E-state index contributed by atoms with van der Waals surface area (Å²) in [6.07, 6.45) is 0. The summed E-state index contributed by atoms with van der Waals surface area (Å²) in [5.41, 5.74) is 1.56. The van der Waals surface area contributed by atoms with Crippen molar-refractivity contribution in [3.63, 3.8) is 0 Å². The molecular weight excluding hydrogens is 276 g/mol. The van der Waals surface area contributed by atoms with Gasteiger partial charge in [-0.25, -0.2) is 0 Å². The summed E-state index contributed by atoms with van der Waals surface area (Å²) < 4.78 is 27.7. The Morgan fingerprint density at radius 3 is 2.70 bits per heavy atom. The first-order valence-corrected chi connectivity index (χ1v) is 7.72. The van der Waals surface area contributed by atoms with Gasteiger partial charge in [0, 0.05) is 25.2 Å². The molecule has 2 N–H and O–H groups in total. The van der Waals surface area contributed by atoms with Crippen LogP contribution in [0, 0.1) is 11.8 Å². The molecule has 20 heavy (non-hydrogen) atoms. The predicted octanol–water partition coefficient (Wildman–Crippen LogP) is 0.705. The monoisotopic (exact) mass is 296 g/mol. The number of aliphatic hydroxyl groups excluding tert-OH is 1.